The third-order valence-electron chi connectivity index (χ3n) is 28.0. The van der Waals surface area contributed by atoms with E-state index in [9.17, 15) is 0 Å². The van der Waals surface area contributed by atoms with Crippen molar-refractivity contribution in [1.82, 2.24) is 42.8 Å². The first kappa shape index (κ1) is 79.3. The molecule has 17 heteroatoms. The molecule has 0 saturated carbocycles. The number of rotatable bonds is 8. The lowest BCUT2D eigenvalue weighted by Gasteiger charge is -2.34. The highest BCUT2D eigenvalue weighted by Gasteiger charge is 2.42. The average molecular weight is 1810 g/mol. The van der Waals surface area contributed by atoms with Crippen LogP contribution in [0.3, 0.4) is 0 Å². The summed E-state index contributed by atoms with van der Waals surface area (Å²) in [6.07, 6.45) is 0. The summed E-state index contributed by atoms with van der Waals surface area (Å²) in [7, 11) is -2.73. The minimum Gasteiger partial charge on any atom is -0.459 e. The van der Waals surface area contributed by atoms with Gasteiger partial charge in [-0.3, -0.25) is 18.3 Å². The van der Waals surface area contributed by atoms with Crippen molar-refractivity contribution in [2.75, 3.05) is 0 Å². The third kappa shape index (κ3) is 12.8. The predicted molar refractivity (Wildman–Crippen MR) is 558 cm³/mol. The van der Waals surface area contributed by atoms with Gasteiger partial charge in [-0.25, -0.2) is 0 Å². The molecule has 0 atom stereocenters. The molecule has 0 fully saturated rings. The maximum absolute atomic E-state index is 6.25. The maximum Gasteiger partial charge on any atom is 0.302 e. The van der Waals surface area contributed by atoms with E-state index < -0.39 is 8.07 Å². The lowest BCUT2D eigenvalue weighted by molar-refractivity contribution is 0.265. The van der Waals surface area contributed by atoms with E-state index in [1.165, 1.54) is 48.1 Å². The van der Waals surface area contributed by atoms with Crippen LogP contribution >= 0.6 is 0 Å². The average Bonchev–Trinajstić information content (AvgIpc) is 1.57. The van der Waals surface area contributed by atoms with Crippen LogP contribution in [0.25, 0.3) is 194 Å². The second-order valence-corrected chi connectivity index (χ2v) is 39.5. The van der Waals surface area contributed by atoms with Crippen LogP contribution in [0.15, 0.2) is 444 Å². The van der Waals surface area contributed by atoms with Gasteiger partial charge in [-0.2, -0.15) is 19.9 Å². The van der Waals surface area contributed by atoms with Crippen LogP contribution in [0, 0.1) is 0 Å². The number of imidazole rings is 4. The first-order valence-corrected chi connectivity index (χ1v) is 48.8. The minimum atomic E-state index is -2.73. The Kier molecular flexibility index (Phi) is 18.2. The van der Waals surface area contributed by atoms with E-state index in [4.69, 9.17) is 52.1 Å². The molecule has 27 aromatic rings. The number of ether oxygens (including phenoxy) is 4. The molecular weight excluding hydrogens is 1730 g/mol. The number of hydrogen-bond donors (Lipinski definition) is 0. The lowest BCUT2D eigenvalue weighted by Crippen LogP contribution is -2.74. The van der Waals surface area contributed by atoms with Crippen molar-refractivity contribution in [3.63, 3.8) is 0 Å². The van der Waals surface area contributed by atoms with Gasteiger partial charge in [-0.1, -0.05) is 303 Å². The maximum atomic E-state index is 6.25. The van der Waals surface area contributed by atoms with E-state index in [2.05, 4.69) is 381 Å². The molecule has 139 heavy (non-hydrogen) atoms. The summed E-state index contributed by atoms with van der Waals surface area (Å²) in [6, 6.07) is 155. The molecule has 0 spiro atoms. The lowest BCUT2D eigenvalue weighted by atomic mass is 9.99. The Morgan fingerprint density at radius 2 is 0.576 bits per heavy atom. The zero-order chi connectivity index (χ0) is 91.3. The molecule has 658 valence electrons. The first-order chi connectivity index (χ1) is 68.9. The summed E-state index contributed by atoms with van der Waals surface area (Å²) >= 11 is 0. The molecule has 0 radical (unpaired) electrons. The molecule has 0 amide bonds. The van der Waals surface area contributed by atoms with Gasteiger partial charge in [0.2, 0.25) is 0 Å². The van der Waals surface area contributed by atoms with Crippen LogP contribution in [-0.4, -0.2) is 50.8 Å². The Hall–Kier alpha value is -18.3. The number of furan rings is 3. The van der Waals surface area contributed by atoms with Crippen molar-refractivity contribution in [2.24, 2.45) is 0 Å². The van der Waals surface area contributed by atoms with Crippen molar-refractivity contribution < 1.29 is 32.2 Å². The van der Waals surface area contributed by atoms with Gasteiger partial charge >= 0.3 is 24.0 Å². The van der Waals surface area contributed by atoms with E-state index >= 15 is 0 Å². The highest BCUT2D eigenvalue weighted by atomic mass is 28.3. The number of fused-ring (bicyclic) bond motifs is 32. The van der Waals surface area contributed by atoms with Gasteiger partial charge < -0.3 is 36.8 Å². The number of aromatic nitrogens is 9. The summed E-state index contributed by atoms with van der Waals surface area (Å²) in [4.78, 5) is 19.0. The van der Waals surface area contributed by atoms with Crippen molar-refractivity contribution in [3.8, 4) is 85.9 Å². The van der Waals surface area contributed by atoms with Crippen molar-refractivity contribution in [3.05, 3.63) is 453 Å². The summed E-state index contributed by atoms with van der Waals surface area (Å²) in [5, 5.41) is 14.7. The zero-order valence-corrected chi connectivity index (χ0v) is 75.7. The van der Waals surface area contributed by atoms with Gasteiger partial charge in [0.05, 0.1) is 77.9 Å². The van der Waals surface area contributed by atoms with Crippen molar-refractivity contribution in [2.45, 2.75) is 26.4 Å². The van der Waals surface area contributed by atoms with Gasteiger partial charge in [0.1, 0.15) is 59.9 Å². The third-order valence-corrected chi connectivity index (χ3v) is 32.7. The van der Waals surface area contributed by atoms with Crippen LogP contribution in [0.5, 0.6) is 24.0 Å². The molecule has 0 saturated heterocycles. The summed E-state index contributed by atoms with van der Waals surface area (Å²) in [6.45, 7) is 2.17. The van der Waals surface area contributed by atoms with E-state index in [1.807, 2.05) is 72.8 Å². The van der Waals surface area contributed by atoms with E-state index in [0.717, 1.165) is 188 Å². The largest absolute Gasteiger partial charge is 0.459 e. The van der Waals surface area contributed by atoms with E-state index in [1.54, 1.807) is 0 Å². The topological polar surface area (TPSA) is 153 Å². The van der Waals surface area contributed by atoms with Crippen molar-refractivity contribution >= 4 is 161 Å². The summed E-state index contributed by atoms with van der Waals surface area (Å²) in [5.74, 6) is 0. The normalized spacial score (nSPS) is 12.7. The quantitative estimate of drug-likeness (QED) is 0.106. The molecule has 31 rings (SSSR count). The standard InChI is InChI=1S/C44H31N3OSi.3C26H16N2O2/c1-4-15-33(16-5-1)49(34-17-6-2-7-18-34,35-19-8-3-9-20-35)36-25-26-38-37-21-11-13-23-41(37)46(42(38)29-36)32-24-27-39-43(28-32)47-40-22-12-10-14-31(40)30-48-44(47)45-39;1-3-10-22-17(6-1)15-29-26-27-21-13-12-16(14-23(21)28(22)26)18-8-5-9-20-19-7-2-4-11-24(19)30-25(18)20;1-3-9-21-17(6-1)15-29-26-27-20-13-12-16(14-22(20)28(21)26)18-8-5-11-24-25(18)19-7-2-4-10-23(19)30-24;1-3-7-22-18(5-1)15-29-26-27-21-11-9-17(14-23(21)28(22)26)16-10-12-25-20(13-16)19-6-2-4-8-24(19)30-25/h1-29H,30H2;3*1-14H,15H2. The molecule has 16 nitrogen and oxygen atoms in total. The Bertz CT molecular complexity index is 9540. The van der Waals surface area contributed by atoms with Crippen LogP contribution in [-0.2, 0) is 26.4 Å². The Balaban J connectivity index is 0.0000000936. The van der Waals surface area contributed by atoms with Gasteiger partial charge in [-0.15, -0.1) is 0 Å². The highest BCUT2D eigenvalue weighted by molar-refractivity contribution is 7.20. The molecular formula is C122H79N9O7Si. The minimum absolute atomic E-state index is 0.526. The molecule has 8 aromatic heterocycles. The molecule has 0 aliphatic carbocycles. The molecule has 4 aliphatic heterocycles. The molecule has 0 unspecified atom stereocenters. The fourth-order valence-corrected chi connectivity index (χ4v) is 26.4. The SMILES string of the molecule is c1ccc([Si](c2ccccc2)(c2ccccc2)c2ccc3c4ccccc4n(-c4ccc5nc6n(c5c4)-c4ccccc4CO6)c3c2)cc1.c1ccc2c(c1)COc1nc3ccc(-c4ccc5oc6ccccc6c5c4)cc3n1-2.c1ccc2c(c1)COc1nc3ccc(-c4cccc5c4oc4ccccc45)cc3n1-2.c1ccc2c(c1)COc1nc3ccc(-c4cccc5oc6ccccc6c45)cc3n1-2. The van der Waals surface area contributed by atoms with Crippen LogP contribution in [0.1, 0.15) is 22.3 Å². The Labute approximate surface area is 795 Å². The van der Waals surface area contributed by atoms with Gasteiger partial charge in [0.15, 0.2) is 8.07 Å². The second kappa shape index (κ2) is 32.0. The molecule has 0 N–H and O–H groups in total. The smallest absolute Gasteiger partial charge is 0.302 e. The predicted octanol–water partition coefficient (Wildman–Crippen LogP) is 26.8. The first-order valence-electron chi connectivity index (χ1n) is 46.8. The molecule has 0 bridgehead atoms. The van der Waals surface area contributed by atoms with Crippen LogP contribution in [0.4, 0.5) is 0 Å². The van der Waals surface area contributed by atoms with Crippen molar-refractivity contribution in [1.29, 1.82) is 0 Å². The molecule has 19 aromatic carbocycles. The van der Waals surface area contributed by atoms with Gasteiger partial charge in [0.25, 0.3) is 0 Å². The number of nitrogens with zero attached hydrogens (tertiary/aromatic N) is 9. The number of para-hydroxylation sites is 9. The van der Waals surface area contributed by atoms with E-state index in [-0.39, 0.29) is 0 Å². The Morgan fingerprint density at radius 3 is 1.12 bits per heavy atom. The van der Waals surface area contributed by atoms with Crippen LogP contribution < -0.4 is 39.7 Å². The fourth-order valence-electron chi connectivity index (χ4n) is 21.6. The fraction of sp³-hybridized carbons (Fsp3) is 0.0328. The van der Waals surface area contributed by atoms with Gasteiger partial charge in [0, 0.05) is 76.6 Å². The second-order valence-electron chi connectivity index (χ2n) is 35.7. The number of benzene rings is 19. The zero-order valence-electron chi connectivity index (χ0n) is 74.7. The molecule has 12 heterocycles. The van der Waals surface area contributed by atoms with Gasteiger partial charge in [-0.05, 0) is 176 Å². The monoisotopic (exact) mass is 1810 g/mol. The number of hydrogen-bond acceptors (Lipinski definition) is 11. The summed E-state index contributed by atoms with van der Waals surface area (Å²) < 4.78 is 53.2. The molecule has 4 aliphatic rings. The van der Waals surface area contributed by atoms with E-state index in [0.29, 0.717) is 50.5 Å². The van der Waals surface area contributed by atoms with Crippen LogP contribution in [0.2, 0.25) is 0 Å². The summed E-state index contributed by atoms with van der Waals surface area (Å²) in [5.41, 5.74) is 32.7. The Morgan fingerprint density at radius 1 is 0.209 bits per heavy atom. The highest BCUT2D eigenvalue weighted by Crippen LogP contribution is 2.46.